The van der Waals surface area contributed by atoms with E-state index >= 15 is 0 Å². The van der Waals surface area contributed by atoms with Crippen molar-refractivity contribution in [3.63, 3.8) is 0 Å². The molecule has 0 aliphatic heterocycles. The van der Waals surface area contributed by atoms with Crippen LogP contribution in [0.15, 0.2) is 51.9 Å². The number of halogens is 2. The second kappa shape index (κ2) is 7.56. The third-order valence-electron chi connectivity index (χ3n) is 3.83. The van der Waals surface area contributed by atoms with Crippen molar-refractivity contribution in [3.8, 4) is 11.3 Å². The number of nitrogens with zero attached hydrogens (tertiary/aromatic N) is 3. The maximum atomic E-state index is 6.17. The van der Waals surface area contributed by atoms with Crippen LogP contribution in [0, 0.1) is 13.8 Å². The lowest BCUT2D eigenvalue weighted by Gasteiger charge is -2.06. The minimum atomic E-state index is 0.519. The van der Waals surface area contributed by atoms with Gasteiger partial charge in [0.1, 0.15) is 0 Å². The molecule has 0 fully saturated rings. The van der Waals surface area contributed by atoms with Crippen LogP contribution < -0.4 is 4.80 Å². The van der Waals surface area contributed by atoms with Crippen LogP contribution in [0.2, 0.25) is 10.0 Å². The summed E-state index contributed by atoms with van der Waals surface area (Å²) < 4.78 is 1.82. The van der Waals surface area contributed by atoms with Gasteiger partial charge in [-0.2, -0.15) is 5.10 Å². The van der Waals surface area contributed by atoms with Gasteiger partial charge < -0.3 is 0 Å². The zero-order valence-electron chi connectivity index (χ0n) is 14.1. The molecule has 0 N–H and O–H groups in total. The number of rotatable bonds is 3. The van der Waals surface area contributed by atoms with Crippen LogP contribution in [0.25, 0.3) is 11.3 Å². The minimum Gasteiger partial charge on any atom is -0.261 e. The monoisotopic (exact) mass is 389 g/mol. The molecular formula is C19H17Cl2N3S. The van der Waals surface area contributed by atoms with Crippen LogP contribution in [0.4, 0.5) is 0 Å². The summed E-state index contributed by atoms with van der Waals surface area (Å²) in [7, 11) is 1.76. The Kier molecular flexibility index (Phi) is 5.42. The lowest BCUT2D eigenvalue weighted by molar-refractivity contribution is 0.848. The molecule has 0 spiro atoms. The predicted molar refractivity (Wildman–Crippen MR) is 108 cm³/mol. The molecule has 0 bridgehead atoms. The Balaban J connectivity index is 2.08. The van der Waals surface area contributed by atoms with Gasteiger partial charge in [-0.25, -0.2) is 4.68 Å². The van der Waals surface area contributed by atoms with Gasteiger partial charge in [-0.15, -0.1) is 11.3 Å². The summed E-state index contributed by atoms with van der Waals surface area (Å²) in [6.45, 7) is 4.16. The molecule has 128 valence electrons. The smallest absolute Gasteiger partial charge is 0.205 e. The van der Waals surface area contributed by atoms with E-state index in [9.17, 15) is 0 Å². The number of aryl methyl sites for hydroxylation is 2. The Hall–Kier alpha value is -1.88. The summed E-state index contributed by atoms with van der Waals surface area (Å²) in [6, 6.07) is 11.9. The first-order chi connectivity index (χ1) is 12.0. The van der Waals surface area contributed by atoms with E-state index in [1.165, 1.54) is 22.5 Å². The SMILES string of the molecule is CN=c1scc(-c2ccc(Cl)c(Cl)c2)n1N=Cc1ccc(C)cc1C. The first-order valence-electron chi connectivity index (χ1n) is 7.70. The van der Waals surface area contributed by atoms with E-state index in [1.807, 2.05) is 28.4 Å². The van der Waals surface area contributed by atoms with Gasteiger partial charge in [-0.05, 0) is 37.1 Å². The highest BCUT2D eigenvalue weighted by Crippen LogP contribution is 2.28. The molecule has 2 aromatic carbocycles. The van der Waals surface area contributed by atoms with Gasteiger partial charge in [-0.1, -0.05) is 53.0 Å². The molecular weight excluding hydrogens is 373 g/mol. The van der Waals surface area contributed by atoms with Crippen LogP contribution in [-0.2, 0) is 0 Å². The van der Waals surface area contributed by atoms with E-state index in [0.29, 0.717) is 10.0 Å². The van der Waals surface area contributed by atoms with Crippen molar-refractivity contribution in [2.24, 2.45) is 10.1 Å². The van der Waals surface area contributed by atoms with Gasteiger partial charge in [0.15, 0.2) is 0 Å². The summed E-state index contributed by atoms with van der Waals surface area (Å²) >= 11 is 13.7. The Labute approximate surface area is 160 Å². The van der Waals surface area contributed by atoms with Crippen molar-refractivity contribution >= 4 is 40.8 Å². The average Bonchev–Trinajstić information content (AvgIpc) is 2.99. The molecule has 3 aromatic rings. The normalized spacial score (nSPS) is 12.3. The molecule has 25 heavy (non-hydrogen) atoms. The predicted octanol–water partition coefficient (Wildman–Crippen LogP) is 5.55. The summed E-state index contributed by atoms with van der Waals surface area (Å²) in [6.07, 6.45) is 1.86. The number of benzene rings is 2. The van der Waals surface area contributed by atoms with E-state index in [1.54, 1.807) is 13.1 Å². The highest BCUT2D eigenvalue weighted by Gasteiger charge is 2.09. The van der Waals surface area contributed by atoms with Crippen molar-refractivity contribution in [2.45, 2.75) is 13.8 Å². The van der Waals surface area contributed by atoms with Crippen LogP contribution in [0.5, 0.6) is 0 Å². The summed E-state index contributed by atoms with van der Waals surface area (Å²) in [5, 5.41) is 7.73. The van der Waals surface area contributed by atoms with Crippen LogP contribution >= 0.6 is 34.5 Å². The number of hydrogen-bond acceptors (Lipinski definition) is 3. The molecule has 0 aliphatic rings. The fourth-order valence-electron chi connectivity index (χ4n) is 2.51. The van der Waals surface area contributed by atoms with E-state index in [4.69, 9.17) is 23.2 Å². The standard InChI is InChI=1S/C19H17Cl2N3S/c1-12-4-5-15(13(2)8-12)10-23-24-18(11-25-19(24)22-3)14-6-7-16(20)17(21)9-14/h4-11H,1-3H3. The maximum absolute atomic E-state index is 6.17. The summed E-state index contributed by atoms with van der Waals surface area (Å²) in [5.41, 5.74) is 5.36. The van der Waals surface area contributed by atoms with Gasteiger partial charge in [0.25, 0.3) is 0 Å². The fourth-order valence-corrected chi connectivity index (χ4v) is 3.61. The highest BCUT2D eigenvalue weighted by molar-refractivity contribution is 7.07. The average molecular weight is 390 g/mol. The molecule has 0 saturated heterocycles. The Morgan fingerprint density at radius 1 is 1.04 bits per heavy atom. The Bertz CT molecular complexity index is 1020. The largest absolute Gasteiger partial charge is 0.261 e. The molecule has 0 amide bonds. The molecule has 1 aromatic heterocycles. The maximum Gasteiger partial charge on any atom is 0.205 e. The van der Waals surface area contributed by atoms with Crippen molar-refractivity contribution in [1.29, 1.82) is 0 Å². The zero-order chi connectivity index (χ0) is 18.0. The molecule has 0 atom stereocenters. The lowest BCUT2D eigenvalue weighted by atomic mass is 10.1. The van der Waals surface area contributed by atoms with Gasteiger partial charge in [0.05, 0.1) is 22.0 Å². The quantitative estimate of drug-likeness (QED) is 0.525. The molecule has 1 heterocycles. The molecule has 0 radical (unpaired) electrons. The van der Waals surface area contributed by atoms with Crippen molar-refractivity contribution in [2.75, 3.05) is 7.05 Å². The van der Waals surface area contributed by atoms with Crippen LogP contribution in [-0.4, -0.2) is 17.9 Å². The first-order valence-corrected chi connectivity index (χ1v) is 9.33. The van der Waals surface area contributed by atoms with E-state index in [0.717, 1.165) is 21.6 Å². The first kappa shape index (κ1) is 17.9. The topological polar surface area (TPSA) is 29.6 Å². The van der Waals surface area contributed by atoms with Gasteiger partial charge in [0.2, 0.25) is 4.80 Å². The van der Waals surface area contributed by atoms with Gasteiger partial charge in [0, 0.05) is 18.0 Å². The van der Waals surface area contributed by atoms with Gasteiger partial charge in [-0.3, -0.25) is 4.99 Å². The van der Waals surface area contributed by atoms with Crippen LogP contribution in [0.3, 0.4) is 0 Å². The summed E-state index contributed by atoms with van der Waals surface area (Å²) in [4.78, 5) is 5.12. The third-order valence-corrected chi connectivity index (χ3v) is 5.48. The minimum absolute atomic E-state index is 0.519. The third kappa shape index (κ3) is 3.87. The molecule has 0 aliphatic carbocycles. The molecule has 0 saturated carbocycles. The fraction of sp³-hybridized carbons (Fsp3) is 0.158. The molecule has 3 nitrogen and oxygen atoms in total. The second-order valence-corrected chi connectivity index (χ2v) is 7.32. The molecule has 0 unspecified atom stereocenters. The van der Waals surface area contributed by atoms with Crippen molar-refractivity contribution in [3.05, 3.63) is 73.3 Å². The van der Waals surface area contributed by atoms with E-state index in [2.05, 4.69) is 42.1 Å². The molecule has 6 heteroatoms. The van der Waals surface area contributed by atoms with Crippen LogP contribution in [0.1, 0.15) is 16.7 Å². The number of hydrogen-bond donors (Lipinski definition) is 0. The Morgan fingerprint density at radius 2 is 1.84 bits per heavy atom. The van der Waals surface area contributed by atoms with Crippen molar-refractivity contribution in [1.82, 2.24) is 4.68 Å². The molecule has 3 rings (SSSR count). The van der Waals surface area contributed by atoms with E-state index in [-0.39, 0.29) is 0 Å². The van der Waals surface area contributed by atoms with Gasteiger partial charge >= 0.3 is 0 Å². The second-order valence-electron chi connectivity index (χ2n) is 5.67. The lowest BCUT2D eigenvalue weighted by Crippen LogP contribution is -2.11. The Morgan fingerprint density at radius 3 is 2.52 bits per heavy atom. The zero-order valence-corrected chi connectivity index (χ0v) is 16.5. The number of aromatic nitrogens is 1. The summed E-state index contributed by atoms with van der Waals surface area (Å²) in [5.74, 6) is 0. The highest BCUT2D eigenvalue weighted by atomic mass is 35.5. The number of thiazole rings is 1. The van der Waals surface area contributed by atoms with E-state index < -0.39 is 0 Å². The van der Waals surface area contributed by atoms with Crippen molar-refractivity contribution < 1.29 is 0 Å².